The molecule has 0 aromatic rings. The molecule has 1 rings (SSSR count). The van der Waals surface area contributed by atoms with Crippen molar-refractivity contribution in [1.82, 2.24) is 0 Å². The van der Waals surface area contributed by atoms with E-state index in [0.29, 0.717) is 6.42 Å². The van der Waals surface area contributed by atoms with E-state index < -0.39 is 5.97 Å². The zero-order valence-electron chi connectivity index (χ0n) is 14.7. The lowest BCUT2D eigenvalue weighted by molar-refractivity contribution is -0.151. The van der Waals surface area contributed by atoms with Gasteiger partial charge in [0.25, 0.3) is 0 Å². The molecule has 0 spiro atoms. The number of ketones is 1. The second-order valence-electron chi connectivity index (χ2n) is 6.49. The van der Waals surface area contributed by atoms with Gasteiger partial charge >= 0.3 is 5.97 Å². The van der Waals surface area contributed by atoms with Gasteiger partial charge in [0.15, 0.2) is 5.78 Å². The maximum atomic E-state index is 12.1. The number of aliphatic hydroxyl groups is 1. The Morgan fingerprint density at radius 3 is 2.22 bits per heavy atom. The molecule has 0 bridgehead atoms. The smallest absolute Gasteiger partial charge is 0.345 e. The van der Waals surface area contributed by atoms with Gasteiger partial charge in [-0.25, -0.2) is 4.79 Å². The number of allylic oxidation sites excluding steroid dienone is 1. The second kappa shape index (κ2) is 11.3. The van der Waals surface area contributed by atoms with E-state index in [9.17, 15) is 14.7 Å². The van der Waals surface area contributed by atoms with Gasteiger partial charge in [-0.2, -0.15) is 0 Å². The number of Topliss-reactive ketones (excluding diaryl/α,β-unsaturated/α-hetero) is 1. The lowest BCUT2D eigenvalue weighted by Crippen LogP contribution is -2.33. The Hall–Kier alpha value is -1.32. The van der Waals surface area contributed by atoms with Gasteiger partial charge in [-0.15, -0.1) is 0 Å². The van der Waals surface area contributed by atoms with E-state index in [0.717, 1.165) is 32.1 Å². The molecule has 132 valence electrons. The van der Waals surface area contributed by atoms with Crippen molar-refractivity contribution in [1.29, 1.82) is 0 Å². The third-order valence-electron chi connectivity index (χ3n) is 4.36. The molecule has 1 atom stereocenters. The van der Waals surface area contributed by atoms with Crippen LogP contribution in [0.2, 0.25) is 0 Å². The third kappa shape index (κ3) is 7.19. The molecule has 1 N–H and O–H groups in total. The van der Waals surface area contributed by atoms with Crippen molar-refractivity contribution < 1.29 is 19.4 Å². The Kier molecular flexibility index (Phi) is 9.65. The summed E-state index contributed by atoms with van der Waals surface area (Å²) in [6.07, 6.45) is 11.1. The average molecular weight is 324 g/mol. The number of unbranched alkanes of at least 4 members (excludes halogenated alkanes) is 7. The molecule has 0 amide bonds. The van der Waals surface area contributed by atoms with Gasteiger partial charge in [0, 0.05) is 12.8 Å². The average Bonchev–Trinajstić information content (AvgIpc) is 2.51. The molecular formula is C19H32O4. The molecule has 4 nitrogen and oxygen atoms in total. The van der Waals surface area contributed by atoms with Crippen molar-refractivity contribution in [2.75, 3.05) is 0 Å². The van der Waals surface area contributed by atoms with Gasteiger partial charge < -0.3 is 9.84 Å². The minimum absolute atomic E-state index is 0.101. The third-order valence-corrected chi connectivity index (χ3v) is 4.36. The number of rotatable bonds is 11. The van der Waals surface area contributed by atoms with Crippen molar-refractivity contribution in [3.8, 4) is 0 Å². The van der Waals surface area contributed by atoms with Crippen LogP contribution in [0.15, 0.2) is 11.3 Å². The molecule has 1 fully saturated rings. The van der Waals surface area contributed by atoms with E-state index in [4.69, 9.17) is 4.74 Å². The van der Waals surface area contributed by atoms with Crippen molar-refractivity contribution in [3.63, 3.8) is 0 Å². The largest absolute Gasteiger partial charge is 0.511 e. The fourth-order valence-corrected chi connectivity index (χ4v) is 2.91. The van der Waals surface area contributed by atoms with E-state index in [1.54, 1.807) is 0 Å². The summed E-state index contributed by atoms with van der Waals surface area (Å²) in [6.45, 7) is 4.20. The minimum Gasteiger partial charge on any atom is -0.511 e. The van der Waals surface area contributed by atoms with Gasteiger partial charge in [0.1, 0.15) is 17.4 Å². The molecule has 0 aliphatic carbocycles. The highest BCUT2D eigenvalue weighted by atomic mass is 16.5. The van der Waals surface area contributed by atoms with E-state index in [1.165, 1.54) is 32.1 Å². The minimum atomic E-state index is -0.636. The second-order valence-corrected chi connectivity index (χ2v) is 6.49. The number of ether oxygens (including phenoxy) is 1. The summed E-state index contributed by atoms with van der Waals surface area (Å²) in [5, 5.41) is 9.91. The Balaban J connectivity index is 2.33. The van der Waals surface area contributed by atoms with E-state index in [-0.39, 0.29) is 29.6 Å². The summed E-state index contributed by atoms with van der Waals surface area (Å²) in [6, 6.07) is 0. The quantitative estimate of drug-likeness (QED) is 0.191. The number of cyclic esters (lactones) is 1. The van der Waals surface area contributed by atoms with Crippen LogP contribution < -0.4 is 0 Å². The number of carbonyl (C=O) groups is 2. The first-order valence-electron chi connectivity index (χ1n) is 9.26. The molecular weight excluding hydrogens is 292 g/mol. The summed E-state index contributed by atoms with van der Waals surface area (Å²) in [5.41, 5.74) is -0.116. The normalized spacial score (nSPS) is 20.5. The van der Waals surface area contributed by atoms with Crippen LogP contribution in [-0.2, 0) is 14.3 Å². The van der Waals surface area contributed by atoms with Crippen LogP contribution in [0.1, 0.15) is 90.9 Å². The van der Waals surface area contributed by atoms with Gasteiger partial charge in [-0.05, 0) is 19.3 Å². The summed E-state index contributed by atoms with van der Waals surface area (Å²) in [7, 11) is 0. The first kappa shape index (κ1) is 19.7. The zero-order chi connectivity index (χ0) is 17.1. The lowest BCUT2D eigenvalue weighted by atomic mass is 9.96. The van der Waals surface area contributed by atoms with E-state index in [2.05, 4.69) is 6.92 Å². The Morgan fingerprint density at radius 2 is 1.61 bits per heavy atom. The number of aliphatic hydroxyl groups excluding tert-OH is 1. The number of esters is 1. The van der Waals surface area contributed by atoms with E-state index >= 15 is 0 Å². The van der Waals surface area contributed by atoms with Gasteiger partial charge in [-0.1, -0.05) is 58.8 Å². The van der Waals surface area contributed by atoms with Crippen LogP contribution in [0.4, 0.5) is 0 Å². The van der Waals surface area contributed by atoms with Crippen molar-refractivity contribution in [2.24, 2.45) is 0 Å². The molecule has 1 unspecified atom stereocenters. The summed E-state index contributed by atoms with van der Waals surface area (Å²) < 4.78 is 5.34. The highest BCUT2D eigenvalue weighted by molar-refractivity contribution is 6.19. The molecule has 1 aliphatic rings. The van der Waals surface area contributed by atoms with Crippen molar-refractivity contribution in [2.45, 2.75) is 97.0 Å². The Labute approximate surface area is 140 Å². The molecule has 0 aromatic carbocycles. The predicted molar refractivity (Wildman–Crippen MR) is 91.3 cm³/mol. The SMILES string of the molecule is CCCCCCCCCC1CC(=O)C(=C(O)CCCC)C(=O)O1. The number of hydrogen-bond donors (Lipinski definition) is 1. The van der Waals surface area contributed by atoms with Crippen LogP contribution in [-0.4, -0.2) is 23.0 Å². The van der Waals surface area contributed by atoms with Gasteiger partial charge in [0.2, 0.25) is 0 Å². The molecule has 0 radical (unpaired) electrons. The Morgan fingerprint density at radius 1 is 1.00 bits per heavy atom. The van der Waals surface area contributed by atoms with Gasteiger partial charge in [-0.3, -0.25) is 4.79 Å². The van der Waals surface area contributed by atoms with Gasteiger partial charge in [0.05, 0.1) is 0 Å². The monoisotopic (exact) mass is 324 g/mol. The van der Waals surface area contributed by atoms with Crippen molar-refractivity contribution >= 4 is 11.8 Å². The molecule has 1 saturated heterocycles. The van der Waals surface area contributed by atoms with E-state index in [1.807, 2.05) is 6.92 Å². The fourth-order valence-electron chi connectivity index (χ4n) is 2.91. The lowest BCUT2D eigenvalue weighted by Gasteiger charge is -2.23. The molecule has 1 heterocycles. The van der Waals surface area contributed by atoms with Crippen LogP contribution >= 0.6 is 0 Å². The van der Waals surface area contributed by atoms with Crippen LogP contribution in [0.5, 0.6) is 0 Å². The molecule has 4 heteroatoms. The summed E-state index contributed by atoms with van der Waals surface area (Å²) >= 11 is 0. The van der Waals surface area contributed by atoms with Crippen LogP contribution in [0.3, 0.4) is 0 Å². The number of hydrogen-bond acceptors (Lipinski definition) is 4. The summed E-state index contributed by atoms with van der Waals surface area (Å²) in [4.78, 5) is 24.1. The topological polar surface area (TPSA) is 63.6 Å². The summed E-state index contributed by atoms with van der Waals surface area (Å²) in [5.74, 6) is -0.998. The highest BCUT2D eigenvalue weighted by Crippen LogP contribution is 2.24. The Bertz CT molecular complexity index is 392. The maximum Gasteiger partial charge on any atom is 0.345 e. The first-order chi connectivity index (χ1) is 11.1. The molecule has 23 heavy (non-hydrogen) atoms. The van der Waals surface area contributed by atoms with Crippen LogP contribution in [0, 0.1) is 0 Å². The van der Waals surface area contributed by atoms with Crippen molar-refractivity contribution in [3.05, 3.63) is 11.3 Å². The molecule has 1 aliphatic heterocycles. The molecule has 0 saturated carbocycles. The predicted octanol–water partition coefficient (Wildman–Crippen LogP) is 5.01. The molecule has 0 aromatic heterocycles. The first-order valence-corrected chi connectivity index (χ1v) is 9.26. The zero-order valence-corrected chi connectivity index (χ0v) is 14.7. The number of carbonyl (C=O) groups excluding carboxylic acids is 2. The maximum absolute atomic E-state index is 12.1. The highest BCUT2D eigenvalue weighted by Gasteiger charge is 2.34. The fraction of sp³-hybridized carbons (Fsp3) is 0.789. The van der Waals surface area contributed by atoms with Crippen LogP contribution in [0.25, 0.3) is 0 Å². The standard InChI is InChI=1S/C19H32O4/c1-3-5-7-8-9-10-11-12-15-14-17(21)18(19(22)23-15)16(20)13-6-4-2/h15,20H,3-14H2,1-2H3.